The van der Waals surface area contributed by atoms with Gasteiger partial charge in [-0.15, -0.1) is 0 Å². The van der Waals surface area contributed by atoms with Crippen molar-refractivity contribution in [2.45, 2.75) is 44.8 Å². The van der Waals surface area contributed by atoms with Crippen LogP contribution in [-0.2, 0) is 40.0 Å². The summed E-state index contributed by atoms with van der Waals surface area (Å²) in [6.45, 7) is 2.93. The fourth-order valence-electron chi connectivity index (χ4n) is 6.25. The number of aliphatic carboxylic acids is 1. The van der Waals surface area contributed by atoms with Gasteiger partial charge in [-0.25, -0.2) is 4.79 Å². The van der Waals surface area contributed by atoms with Gasteiger partial charge in [0.1, 0.15) is 18.5 Å². The molecule has 2 unspecified atom stereocenters. The Balaban J connectivity index is 1.17. The van der Waals surface area contributed by atoms with E-state index in [-0.39, 0.29) is 6.10 Å². The van der Waals surface area contributed by atoms with Crippen LogP contribution in [0.25, 0.3) is 12.2 Å². The highest BCUT2D eigenvalue weighted by Crippen LogP contribution is 2.37. The van der Waals surface area contributed by atoms with Crippen LogP contribution < -0.4 is 4.74 Å². The van der Waals surface area contributed by atoms with Crippen LogP contribution in [0.3, 0.4) is 0 Å². The van der Waals surface area contributed by atoms with Crippen LogP contribution in [0, 0.1) is 0 Å². The molecule has 0 saturated heterocycles. The molecule has 5 heteroatoms. The highest BCUT2D eigenvalue weighted by molar-refractivity contribution is 5.77. The number of ether oxygens (including phenoxy) is 3. The fraction of sp³-hybridized carbons (Fsp3) is 0.233. The average Bonchev–Trinajstić information content (AvgIpc) is 3.26. The third-order valence-electron chi connectivity index (χ3n) is 8.73. The third-order valence-corrected chi connectivity index (χ3v) is 8.73. The van der Waals surface area contributed by atoms with Gasteiger partial charge in [0.25, 0.3) is 0 Å². The summed E-state index contributed by atoms with van der Waals surface area (Å²) in [6.07, 6.45) is 6.51. The molecule has 0 amide bonds. The number of carboxylic acids is 1. The van der Waals surface area contributed by atoms with E-state index in [0.717, 1.165) is 36.0 Å². The first-order chi connectivity index (χ1) is 23.6. The maximum absolute atomic E-state index is 11.5. The third kappa shape index (κ3) is 8.68. The molecule has 0 heterocycles. The van der Waals surface area contributed by atoms with Crippen LogP contribution in [0.1, 0.15) is 63.1 Å². The number of carbonyl (C=O) groups is 1. The van der Waals surface area contributed by atoms with Gasteiger partial charge in [-0.1, -0.05) is 121 Å². The number of benzene rings is 5. The molecule has 48 heavy (non-hydrogen) atoms. The largest absolute Gasteiger partial charge is 0.491 e. The zero-order chi connectivity index (χ0) is 33.1. The highest BCUT2D eigenvalue weighted by atomic mass is 16.5. The molecule has 1 aliphatic rings. The Labute approximate surface area is 283 Å². The minimum Gasteiger partial charge on any atom is -0.491 e. The molecule has 5 nitrogen and oxygen atoms in total. The van der Waals surface area contributed by atoms with Gasteiger partial charge in [0.15, 0.2) is 6.10 Å². The lowest BCUT2D eigenvalue weighted by Gasteiger charge is -2.22. The van der Waals surface area contributed by atoms with Crippen LogP contribution in [0.15, 0.2) is 121 Å². The van der Waals surface area contributed by atoms with E-state index in [1.807, 2.05) is 24.3 Å². The molecule has 6 rings (SSSR count). The monoisotopic (exact) mass is 638 g/mol. The average molecular weight is 639 g/mol. The van der Waals surface area contributed by atoms with Gasteiger partial charge >= 0.3 is 5.97 Å². The van der Waals surface area contributed by atoms with Crippen LogP contribution in [0.4, 0.5) is 0 Å². The minimum absolute atomic E-state index is 0.239. The number of hydrogen-bond acceptors (Lipinski definition) is 4. The first kappa shape index (κ1) is 33.0. The normalized spacial score (nSPS) is 14.1. The van der Waals surface area contributed by atoms with Gasteiger partial charge in [0.05, 0.1) is 6.61 Å². The Morgan fingerprint density at radius 1 is 0.667 bits per heavy atom. The maximum atomic E-state index is 11.5. The Kier molecular flexibility index (Phi) is 11.1. The van der Waals surface area contributed by atoms with Crippen molar-refractivity contribution in [1.82, 2.24) is 0 Å². The summed E-state index contributed by atoms with van der Waals surface area (Å²) >= 11 is 0. The Morgan fingerprint density at radius 3 is 1.90 bits per heavy atom. The highest BCUT2D eigenvalue weighted by Gasteiger charge is 2.23. The zero-order valence-electron chi connectivity index (χ0n) is 27.4. The molecule has 1 N–H and O–H groups in total. The Morgan fingerprint density at radius 2 is 1.25 bits per heavy atom. The van der Waals surface area contributed by atoms with Crippen molar-refractivity contribution in [3.63, 3.8) is 0 Å². The van der Waals surface area contributed by atoms with Gasteiger partial charge in [-0.3, -0.25) is 0 Å². The molecule has 244 valence electrons. The van der Waals surface area contributed by atoms with E-state index < -0.39 is 12.1 Å². The second kappa shape index (κ2) is 16.2. The second-order valence-corrected chi connectivity index (χ2v) is 12.1. The van der Waals surface area contributed by atoms with Crippen molar-refractivity contribution in [3.8, 4) is 5.75 Å². The van der Waals surface area contributed by atoms with Crippen LogP contribution in [-0.4, -0.2) is 37.0 Å². The van der Waals surface area contributed by atoms with Crippen molar-refractivity contribution in [1.29, 1.82) is 0 Å². The molecular weight excluding hydrogens is 596 g/mol. The Hall–Kier alpha value is -4.97. The Bertz CT molecular complexity index is 1810. The lowest BCUT2D eigenvalue weighted by Crippen LogP contribution is -2.26. The van der Waals surface area contributed by atoms with Crippen molar-refractivity contribution < 1.29 is 24.1 Å². The fourth-order valence-corrected chi connectivity index (χ4v) is 6.25. The van der Waals surface area contributed by atoms with E-state index >= 15 is 0 Å². The van der Waals surface area contributed by atoms with E-state index in [1.165, 1.54) is 33.4 Å². The smallest absolute Gasteiger partial charge is 0.333 e. The predicted molar refractivity (Wildman–Crippen MR) is 191 cm³/mol. The van der Waals surface area contributed by atoms with E-state index in [1.54, 1.807) is 6.92 Å². The van der Waals surface area contributed by atoms with Gasteiger partial charge in [-0.2, -0.15) is 0 Å². The molecule has 0 fully saturated rings. The predicted octanol–water partition coefficient (Wildman–Crippen LogP) is 8.76. The summed E-state index contributed by atoms with van der Waals surface area (Å²) < 4.78 is 18.0. The number of hydrogen-bond donors (Lipinski definition) is 1. The number of carboxylic acid groups (broad SMARTS) is 1. The molecule has 0 aliphatic heterocycles. The maximum Gasteiger partial charge on any atom is 0.333 e. The topological polar surface area (TPSA) is 65.0 Å². The van der Waals surface area contributed by atoms with Crippen molar-refractivity contribution in [3.05, 3.63) is 171 Å². The lowest BCUT2D eigenvalue weighted by atomic mass is 9.92. The van der Waals surface area contributed by atoms with Gasteiger partial charge < -0.3 is 19.3 Å². The number of fused-ring (bicyclic) bond motifs is 2. The molecular formula is C43H42O5. The van der Waals surface area contributed by atoms with Crippen LogP contribution in [0.5, 0.6) is 5.75 Å². The summed E-state index contributed by atoms with van der Waals surface area (Å²) in [5.74, 6) is -0.246. The van der Waals surface area contributed by atoms with Crippen LogP contribution in [0.2, 0.25) is 0 Å². The van der Waals surface area contributed by atoms with Crippen molar-refractivity contribution in [2.75, 3.05) is 19.8 Å². The van der Waals surface area contributed by atoms with Crippen molar-refractivity contribution >= 4 is 18.1 Å². The molecule has 0 bridgehead atoms. The molecule has 0 spiro atoms. The summed E-state index contributed by atoms with van der Waals surface area (Å²) in [6, 6.07) is 42.2. The van der Waals surface area contributed by atoms with E-state index in [9.17, 15) is 9.90 Å². The van der Waals surface area contributed by atoms with Gasteiger partial charge in [0, 0.05) is 13.0 Å². The minimum atomic E-state index is -0.956. The summed E-state index contributed by atoms with van der Waals surface area (Å²) in [4.78, 5) is 11.5. The molecule has 1 aliphatic carbocycles. The summed E-state index contributed by atoms with van der Waals surface area (Å²) in [7, 11) is 0. The lowest BCUT2D eigenvalue weighted by molar-refractivity contribution is -0.149. The summed E-state index contributed by atoms with van der Waals surface area (Å²) in [5, 5.41) is 9.40. The van der Waals surface area contributed by atoms with E-state index in [4.69, 9.17) is 14.2 Å². The van der Waals surface area contributed by atoms with Gasteiger partial charge in [-0.05, 0) is 88.4 Å². The molecule has 5 aromatic rings. The molecule has 5 aromatic carbocycles. The quantitative estimate of drug-likeness (QED) is 0.116. The molecule has 0 saturated carbocycles. The summed E-state index contributed by atoms with van der Waals surface area (Å²) in [5.41, 5.74) is 10.7. The van der Waals surface area contributed by atoms with Crippen molar-refractivity contribution in [2.24, 2.45) is 0 Å². The first-order valence-corrected chi connectivity index (χ1v) is 16.7. The standard InChI is InChI=1S/C43H42O5/c1-2-46-41(43(44)45)30-34-15-21-38(22-16-34)47-25-26-48-42-39-23-17-33(14-13-31-9-5-3-6-10-31)28-36(39)19-20-37-29-35(18-24-40(37)42)27-32-11-7-4-8-12-32/h3-12,15-24,28-29,41-42H,2,13-14,25-27,30H2,1H3,(H,44,45). The second-order valence-electron chi connectivity index (χ2n) is 12.1. The van der Waals surface area contributed by atoms with Gasteiger partial charge in [0.2, 0.25) is 0 Å². The molecule has 0 radical (unpaired) electrons. The van der Waals surface area contributed by atoms with E-state index in [2.05, 4.69) is 109 Å². The SMILES string of the molecule is CCOC(Cc1ccc(OCCOC2c3ccc(CCc4ccccc4)cc3C=Cc3cc(Cc4ccccc4)ccc32)cc1)C(=O)O. The molecule has 0 aromatic heterocycles. The number of aryl methyl sites for hydroxylation is 2. The first-order valence-electron chi connectivity index (χ1n) is 16.7. The van der Waals surface area contributed by atoms with E-state index in [0.29, 0.717) is 32.0 Å². The zero-order valence-corrected chi connectivity index (χ0v) is 27.4. The molecule has 2 atom stereocenters. The van der Waals surface area contributed by atoms with Crippen LogP contribution >= 0.6 is 0 Å². The number of rotatable bonds is 15.